The smallest absolute Gasteiger partial charge is 0.335 e. The van der Waals surface area contributed by atoms with Gasteiger partial charge >= 0.3 is 5.97 Å². The number of amides is 2. The molecule has 0 bridgehead atoms. The highest BCUT2D eigenvalue weighted by atomic mass is 16.6. The third-order valence-electron chi connectivity index (χ3n) is 3.53. The Bertz CT molecular complexity index is 663. The Morgan fingerprint density at radius 1 is 1.30 bits per heavy atom. The van der Waals surface area contributed by atoms with Crippen molar-refractivity contribution in [2.24, 2.45) is 11.8 Å². The van der Waals surface area contributed by atoms with E-state index in [1.807, 2.05) is 0 Å². The highest BCUT2D eigenvalue weighted by molar-refractivity contribution is 6.25. The van der Waals surface area contributed by atoms with Gasteiger partial charge in [0, 0.05) is 6.07 Å². The zero-order valence-corrected chi connectivity index (χ0v) is 9.98. The molecule has 102 valence electrons. The summed E-state index contributed by atoms with van der Waals surface area (Å²) in [4.78, 5) is 45.7. The minimum absolute atomic E-state index is 0.165. The van der Waals surface area contributed by atoms with Gasteiger partial charge in [-0.3, -0.25) is 19.7 Å². The van der Waals surface area contributed by atoms with Crippen molar-refractivity contribution in [1.29, 1.82) is 0 Å². The molecule has 2 atom stereocenters. The van der Waals surface area contributed by atoms with Crippen molar-refractivity contribution in [3.05, 3.63) is 33.9 Å². The van der Waals surface area contributed by atoms with Crippen molar-refractivity contribution in [2.75, 3.05) is 4.90 Å². The minimum atomic E-state index is -1.32. The average Bonchev–Trinajstić information content (AvgIpc) is 3.14. The van der Waals surface area contributed by atoms with Crippen LogP contribution in [-0.2, 0) is 9.59 Å². The van der Waals surface area contributed by atoms with Crippen molar-refractivity contribution < 1.29 is 24.4 Å². The molecule has 2 fully saturated rings. The van der Waals surface area contributed by atoms with Crippen LogP contribution in [0.5, 0.6) is 0 Å². The fourth-order valence-electron chi connectivity index (χ4n) is 2.41. The number of hydrogen-bond donors (Lipinski definition) is 1. The van der Waals surface area contributed by atoms with E-state index in [1.54, 1.807) is 0 Å². The number of nitrogens with zero attached hydrogens (tertiary/aromatic N) is 2. The summed E-state index contributed by atoms with van der Waals surface area (Å²) < 4.78 is 0. The maximum absolute atomic E-state index is 11.9. The molecule has 3 rings (SSSR count). The first-order valence-corrected chi connectivity index (χ1v) is 5.81. The summed E-state index contributed by atoms with van der Waals surface area (Å²) in [6.45, 7) is 0. The third kappa shape index (κ3) is 1.58. The van der Waals surface area contributed by atoms with Crippen LogP contribution in [0.2, 0.25) is 0 Å². The van der Waals surface area contributed by atoms with E-state index in [1.165, 1.54) is 0 Å². The zero-order chi connectivity index (χ0) is 14.6. The second kappa shape index (κ2) is 3.86. The number of nitro benzene ring substituents is 1. The molecule has 1 aromatic carbocycles. The van der Waals surface area contributed by atoms with Crippen LogP contribution >= 0.6 is 0 Å². The molecule has 20 heavy (non-hydrogen) atoms. The normalized spacial score (nSPS) is 23.7. The molecule has 1 aromatic rings. The van der Waals surface area contributed by atoms with Gasteiger partial charge in [0.15, 0.2) is 0 Å². The van der Waals surface area contributed by atoms with Gasteiger partial charge in [-0.15, -0.1) is 0 Å². The maximum atomic E-state index is 11.9. The van der Waals surface area contributed by atoms with Gasteiger partial charge in [-0.1, -0.05) is 0 Å². The SMILES string of the molecule is O=C(O)c1ccc(N2C(=O)C3CC3C2=O)c([N+](=O)[O-])c1. The number of piperidine rings is 1. The van der Waals surface area contributed by atoms with E-state index in [0.717, 1.165) is 23.1 Å². The summed E-state index contributed by atoms with van der Waals surface area (Å²) in [7, 11) is 0. The lowest BCUT2D eigenvalue weighted by molar-refractivity contribution is -0.384. The Morgan fingerprint density at radius 2 is 1.90 bits per heavy atom. The molecule has 8 nitrogen and oxygen atoms in total. The number of hydrogen-bond acceptors (Lipinski definition) is 5. The van der Waals surface area contributed by atoms with Crippen molar-refractivity contribution in [1.82, 2.24) is 0 Å². The maximum Gasteiger partial charge on any atom is 0.335 e. The standard InChI is InChI=1S/C12H8N2O6/c15-10-6-4-7(6)11(16)13(10)8-2-1-5(12(17)18)3-9(8)14(19)20/h1-3,6-7H,4H2,(H,17,18). The average molecular weight is 276 g/mol. The van der Waals surface area contributed by atoms with Gasteiger partial charge in [-0.2, -0.15) is 0 Å². The van der Waals surface area contributed by atoms with Crippen LogP contribution in [0.4, 0.5) is 11.4 Å². The molecule has 2 amide bonds. The quantitative estimate of drug-likeness (QED) is 0.495. The summed E-state index contributed by atoms with van der Waals surface area (Å²) in [5.41, 5.74) is -1.00. The van der Waals surface area contributed by atoms with E-state index in [9.17, 15) is 24.5 Å². The first-order chi connectivity index (χ1) is 9.41. The molecule has 2 aliphatic rings. The lowest BCUT2D eigenvalue weighted by Crippen LogP contribution is -2.33. The molecule has 2 unspecified atom stereocenters. The summed E-state index contributed by atoms with van der Waals surface area (Å²) in [6.07, 6.45) is 0.495. The largest absolute Gasteiger partial charge is 0.478 e. The number of fused-ring (bicyclic) bond motifs is 1. The predicted octanol–water partition coefficient (Wildman–Crippen LogP) is 0.802. The molecular formula is C12H8N2O6. The van der Waals surface area contributed by atoms with Gasteiger partial charge in [-0.25, -0.2) is 9.69 Å². The van der Waals surface area contributed by atoms with E-state index in [-0.39, 0.29) is 23.1 Å². The number of anilines is 1. The van der Waals surface area contributed by atoms with Crippen LogP contribution in [0.3, 0.4) is 0 Å². The lowest BCUT2D eigenvalue weighted by atomic mass is 10.1. The second-order valence-corrected chi connectivity index (χ2v) is 4.73. The summed E-state index contributed by atoms with van der Waals surface area (Å²) in [5, 5.41) is 19.9. The van der Waals surface area contributed by atoms with Crippen molar-refractivity contribution in [3.63, 3.8) is 0 Å². The third-order valence-corrected chi connectivity index (χ3v) is 3.53. The molecule has 0 aromatic heterocycles. The number of aromatic carboxylic acids is 1. The number of carbonyl (C=O) groups is 3. The van der Waals surface area contributed by atoms with E-state index >= 15 is 0 Å². The summed E-state index contributed by atoms with van der Waals surface area (Å²) >= 11 is 0. The van der Waals surface area contributed by atoms with Gasteiger partial charge in [-0.05, 0) is 18.6 Å². The monoisotopic (exact) mass is 276 g/mol. The van der Waals surface area contributed by atoms with Crippen LogP contribution in [-0.4, -0.2) is 27.8 Å². The molecule has 1 aliphatic carbocycles. The molecule has 0 radical (unpaired) electrons. The van der Waals surface area contributed by atoms with E-state index in [4.69, 9.17) is 5.11 Å². The van der Waals surface area contributed by atoms with E-state index < -0.39 is 28.4 Å². The Hall–Kier alpha value is -2.77. The lowest BCUT2D eigenvalue weighted by Gasteiger charge is -2.16. The van der Waals surface area contributed by atoms with Gasteiger partial charge in [0.1, 0.15) is 5.69 Å². The minimum Gasteiger partial charge on any atom is -0.478 e. The number of nitro groups is 1. The predicted molar refractivity (Wildman–Crippen MR) is 64.1 cm³/mol. The highest BCUT2D eigenvalue weighted by Gasteiger charge is 2.60. The number of benzene rings is 1. The Balaban J connectivity index is 2.10. The van der Waals surface area contributed by atoms with Crippen molar-refractivity contribution >= 4 is 29.2 Å². The van der Waals surface area contributed by atoms with Crippen LogP contribution in [0, 0.1) is 22.0 Å². The Morgan fingerprint density at radius 3 is 2.40 bits per heavy atom. The molecule has 1 saturated heterocycles. The van der Waals surface area contributed by atoms with Crippen LogP contribution in [0.1, 0.15) is 16.8 Å². The zero-order valence-electron chi connectivity index (χ0n) is 9.98. The highest BCUT2D eigenvalue weighted by Crippen LogP contribution is 2.49. The molecule has 1 saturated carbocycles. The van der Waals surface area contributed by atoms with Crippen LogP contribution < -0.4 is 4.90 Å². The van der Waals surface area contributed by atoms with Crippen LogP contribution in [0.25, 0.3) is 0 Å². The van der Waals surface area contributed by atoms with Gasteiger partial charge in [0.2, 0.25) is 11.8 Å². The molecule has 0 spiro atoms. The van der Waals surface area contributed by atoms with E-state index in [0.29, 0.717) is 6.42 Å². The van der Waals surface area contributed by atoms with Crippen molar-refractivity contribution in [3.8, 4) is 0 Å². The Kier molecular flexibility index (Phi) is 2.37. The van der Waals surface area contributed by atoms with Crippen molar-refractivity contribution in [2.45, 2.75) is 6.42 Å². The topological polar surface area (TPSA) is 118 Å². The van der Waals surface area contributed by atoms with Gasteiger partial charge in [0.05, 0.1) is 22.3 Å². The van der Waals surface area contributed by atoms with Crippen LogP contribution in [0.15, 0.2) is 18.2 Å². The molecule has 1 N–H and O–H groups in total. The number of carboxylic acids is 1. The van der Waals surface area contributed by atoms with Gasteiger partial charge in [0.25, 0.3) is 5.69 Å². The first-order valence-electron chi connectivity index (χ1n) is 5.81. The molecule has 1 heterocycles. The van der Waals surface area contributed by atoms with Gasteiger partial charge < -0.3 is 5.11 Å². The fraction of sp³-hybridized carbons (Fsp3) is 0.250. The molecule has 1 aliphatic heterocycles. The summed E-state index contributed by atoms with van der Waals surface area (Å²) in [6, 6.07) is 3.11. The number of rotatable bonds is 3. The molecular weight excluding hydrogens is 268 g/mol. The number of carboxylic acid groups (broad SMARTS) is 1. The Labute approximate surface area is 111 Å². The first kappa shape index (κ1) is 12.3. The second-order valence-electron chi connectivity index (χ2n) is 4.73. The number of carbonyl (C=O) groups excluding carboxylic acids is 2. The fourth-order valence-corrected chi connectivity index (χ4v) is 2.41. The number of imide groups is 1. The molecule has 8 heteroatoms. The van der Waals surface area contributed by atoms with E-state index in [2.05, 4.69) is 0 Å². The summed E-state index contributed by atoms with van der Waals surface area (Å²) in [5.74, 6) is -2.97.